The molecule has 0 aliphatic heterocycles. The van der Waals surface area contributed by atoms with E-state index in [1.807, 2.05) is 6.92 Å². The van der Waals surface area contributed by atoms with Crippen LogP contribution in [0.15, 0.2) is 0 Å². The summed E-state index contributed by atoms with van der Waals surface area (Å²) in [4.78, 5) is 0. The van der Waals surface area contributed by atoms with Crippen molar-refractivity contribution in [2.24, 2.45) is 0 Å². The van der Waals surface area contributed by atoms with Crippen molar-refractivity contribution >= 4 is 0 Å². The van der Waals surface area contributed by atoms with E-state index in [1.165, 1.54) is 0 Å². The van der Waals surface area contributed by atoms with Gasteiger partial charge >= 0.3 is 0 Å². The lowest BCUT2D eigenvalue weighted by Gasteiger charge is -2.15. The molecule has 11 heavy (non-hydrogen) atoms. The molecule has 0 saturated heterocycles. The van der Waals surface area contributed by atoms with Crippen molar-refractivity contribution in [1.82, 2.24) is 5.32 Å². The van der Waals surface area contributed by atoms with Crippen molar-refractivity contribution in [1.29, 1.82) is 0 Å². The normalized spacial score (nSPS) is 16.4. The molecule has 0 spiro atoms. The van der Waals surface area contributed by atoms with Crippen LogP contribution in [0.4, 0.5) is 0 Å². The maximum atomic E-state index is 9.03. The molecule has 0 aromatic heterocycles. The highest BCUT2D eigenvalue weighted by atomic mass is 16.5. The summed E-state index contributed by atoms with van der Waals surface area (Å²) in [6, 6.07) is 0. The Balaban J connectivity index is 3.10. The minimum atomic E-state index is -0.378. The molecule has 2 atom stereocenters. The summed E-state index contributed by atoms with van der Waals surface area (Å²) in [5.41, 5.74) is 0. The summed E-state index contributed by atoms with van der Waals surface area (Å²) in [5.74, 6) is 0. The van der Waals surface area contributed by atoms with Gasteiger partial charge in [0.25, 0.3) is 0 Å². The lowest BCUT2D eigenvalue weighted by molar-refractivity contribution is -0.0165. The molecule has 0 fully saturated rings. The van der Waals surface area contributed by atoms with Gasteiger partial charge in [0.15, 0.2) is 0 Å². The van der Waals surface area contributed by atoms with Gasteiger partial charge in [-0.15, -0.1) is 0 Å². The van der Waals surface area contributed by atoms with Crippen LogP contribution in [0.3, 0.4) is 0 Å². The van der Waals surface area contributed by atoms with Crippen LogP contribution >= 0.6 is 0 Å². The molecule has 0 radical (unpaired) electrons. The third-order valence-corrected chi connectivity index (χ3v) is 1.59. The third-order valence-electron chi connectivity index (χ3n) is 1.59. The molecule has 0 aliphatic rings. The van der Waals surface area contributed by atoms with Crippen molar-refractivity contribution in [2.45, 2.75) is 33.0 Å². The zero-order valence-corrected chi connectivity index (χ0v) is 7.63. The first kappa shape index (κ1) is 10.9. The molecule has 0 saturated carbocycles. The highest BCUT2D eigenvalue weighted by Gasteiger charge is 2.07. The number of nitrogens with one attached hydrogen (secondary N) is 1. The van der Waals surface area contributed by atoms with Crippen molar-refractivity contribution < 1.29 is 9.84 Å². The van der Waals surface area contributed by atoms with Gasteiger partial charge < -0.3 is 15.2 Å². The van der Waals surface area contributed by atoms with Crippen molar-refractivity contribution in [3.63, 3.8) is 0 Å². The average Bonchev–Trinajstić information content (AvgIpc) is 1.97. The number of likely N-dealkylation sites (N-methyl/N-ethyl adjacent to an activating group) is 1. The van der Waals surface area contributed by atoms with E-state index in [9.17, 15) is 0 Å². The highest BCUT2D eigenvalue weighted by Crippen LogP contribution is 1.95. The van der Waals surface area contributed by atoms with E-state index >= 15 is 0 Å². The zero-order chi connectivity index (χ0) is 8.69. The molecule has 2 unspecified atom stereocenters. The minimum absolute atomic E-state index is 0.0614. The van der Waals surface area contributed by atoms with Crippen LogP contribution in [0, 0.1) is 0 Å². The van der Waals surface area contributed by atoms with Gasteiger partial charge in [0.2, 0.25) is 0 Å². The molecular weight excluding hydrogens is 142 g/mol. The number of hydrogen-bond acceptors (Lipinski definition) is 3. The largest absolute Gasteiger partial charge is 0.391 e. The van der Waals surface area contributed by atoms with Crippen molar-refractivity contribution in [3.8, 4) is 0 Å². The van der Waals surface area contributed by atoms with E-state index < -0.39 is 0 Å². The van der Waals surface area contributed by atoms with Crippen LogP contribution in [0.1, 0.15) is 20.8 Å². The standard InChI is InChI=1S/C8H19NO2/c1-4-9-5-6-11-8(3)7(2)10/h7-10H,4-6H2,1-3H3. The van der Waals surface area contributed by atoms with Gasteiger partial charge in [-0.3, -0.25) is 0 Å². The SMILES string of the molecule is CCNCCOC(C)C(C)O. The molecular formula is C8H19NO2. The Morgan fingerprint density at radius 2 is 2.09 bits per heavy atom. The monoisotopic (exact) mass is 161 g/mol. The van der Waals surface area contributed by atoms with E-state index in [1.54, 1.807) is 6.92 Å². The van der Waals surface area contributed by atoms with Crippen LogP contribution in [0.2, 0.25) is 0 Å². The average molecular weight is 161 g/mol. The van der Waals surface area contributed by atoms with Gasteiger partial charge in [0.1, 0.15) is 0 Å². The number of aliphatic hydroxyl groups is 1. The topological polar surface area (TPSA) is 41.5 Å². The van der Waals surface area contributed by atoms with Gasteiger partial charge in [0, 0.05) is 6.54 Å². The van der Waals surface area contributed by atoms with Crippen molar-refractivity contribution in [2.75, 3.05) is 19.7 Å². The zero-order valence-electron chi connectivity index (χ0n) is 7.63. The molecule has 0 heterocycles. The molecule has 0 rings (SSSR count). The first-order chi connectivity index (χ1) is 5.18. The molecule has 0 aromatic rings. The molecule has 68 valence electrons. The van der Waals surface area contributed by atoms with Gasteiger partial charge in [-0.2, -0.15) is 0 Å². The summed E-state index contributed by atoms with van der Waals surface area (Å²) in [6.45, 7) is 8.15. The predicted octanol–water partition coefficient (Wildman–Crippen LogP) is 0.382. The van der Waals surface area contributed by atoms with Crippen LogP contribution in [-0.4, -0.2) is 37.0 Å². The quantitative estimate of drug-likeness (QED) is 0.553. The van der Waals surface area contributed by atoms with Gasteiger partial charge in [-0.05, 0) is 20.4 Å². The Bertz CT molecular complexity index is 86.2. The molecule has 2 N–H and O–H groups in total. The Labute approximate surface area is 68.8 Å². The first-order valence-corrected chi connectivity index (χ1v) is 4.18. The van der Waals surface area contributed by atoms with E-state index in [0.717, 1.165) is 13.1 Å². The number of rotatable bonds is 6. The maximum Gasteiger partial charge on any atom is 0.0803 e. The Morgan fingerprint density at radius 3 is 2.55 bits per heavy atom. The van der Waals surface area contributed by atoms with E-state index in [4.69, 9.17) is 9.84 Å². The second kappa shape index (κ2) is 6.58. The number of ether oxygens (including phenoxy) is 1. The Hall–Kier alpha value is -0.120. The Kier molecular flexibility index (Phi) is 6.51. The summed E-state index contributed by atoms with van der Waals surface area (Å²) in [6.07, 6.45) is -0.440. The highest BCUT2D eigenvalue weighted by molar-refractivity contribution is 4.56. The summed E-state index contributed by atoms with van der Waals surface area (Å²) in [5, 5.41) is 12.2. The molecule has 0 bridgehead atoms. The fraction of sp³-hybridized carbons (Fsp3) is 1.00. The van der Waals surface area contributed by atoms with Gasteiger partial charge in [-0.1, -0.05) is 6.92 Å². The van der Waals surface area contributed by atoms with Gasteiger partial charge in [0.05, 0.1) is 18.8 Å². The lowest BCUT2D eigenvalue weighted by Crippen LogP contribution is -2.27. The molecule has 3 heteroatoms. The summed E-state index contributed by atoms with van der Waals surface area (Å²) in [7, 11) is 0. The second-order valence-electron chi connectivity index (χ2n) is 2.67. The van der Waals surface area contributed by atoms with E-state index in [-0.39, 0.29) is 12.2 Å². The maximum absolute atomic E-state index is 9.03. The summed E-state index contributed by atoms with van der Waals surface area (Å²) < 4.78 is 5.29. The number of hydrogen-bond donors (Lipinski definition) is 2. The second-order valence-corrected chi connectivity index (χ2v) is 2.67. The third kappa shape index (κ3) is 6.28. The molecule has 0 aromatic carbocycles. The lowest BCUT2D eigenvalue weighted by atomic mass is 10.3. The van der Waals surface area contributed by atoms with E-state index in [0.29, 0.717) is 6.61 Å². The predicted molar refractivity (Wildman–Crippen MR) is 45.6 cm³/mol. The molecule has 0 aliphatic carbocycles. The van der Waals surface area contributed by atoms with Crippen LogP contribution in [-0.2, 0) is 4.74 Å². The number of aliphatic hydroxyl groups excluding tert-OH is 1. The van der Waals surface area contributed by atoms with E-state index in [2.05, 4.69) is 12.2 Å². The minimum Gasteiger partial charge on any atom is -0.391 e. The molecule has 0 amide bonds. The van der Waals surface area contributed by atoms with Crippen LogP contribution < -0.4 is 5.32 Å². The van der Waals surface area contributed by atoms with Gasteiger partial charge in [-0.25, -0.2) is 0 Å². The first-order valence-electron chi connectivity index (χ1n) is 4.18. The smallest absolute Gasteiger partial charge is 0.0803 e. The fourth-order valence-electron chi connectivity index (χ4n) is 0.633. The fourth-order valence-corrected chi connectivity index (χ4v) is 0.633. The summed E-state index contributed by atoms with van der Waals surface area (Å²) >= 11 is 0. The van der Waals surface area contributed by atoms with Crippen molar-refractivity contribution in [3.05, 3.63) is 0 Å². The Morgan fingerprint density at radius 1 is 1.45 bits per heavy atom. The van der Waals surface area contributed by atoms with Crippen LogP contribution in [0.5, 0.6) is 0 Å². The van der Waals surface area contributed by atoms with Crippen LogP contribution in [0.25, 0.3) is 0 Å². The molecule has 3 nitrogen and oxygen atoms in total.